The van der Waals surface area contributed by atoms with Crippen molar-refractivity contribution in [3.05, 3.63) is 60.8 Å². The van der Waals surface area contributed by atoms with Crippen molar-refractivity contribution >= 4 is 11.9 Å². The number of nitrogens with one attached hydrogen (secondary N) is 1. The normalized spacial score (nSPS) is 19.9. The molecule has 6 N–H and O–H groups in total. The van der Waals surface area contributed by atoms with Crippen LogP contribution in [0.2, 0.25) is 0 Å². The Hall–Kier alpha value is -2.64. The number of carbonyl (C=O) groups excluding carboxylic acids is 2. The van der Waals surface area contributed by atoms with Gasteiger partial charge in [-0.25, -0.2) is 0 Å². The van der Waals surface area contributed by atoms with Gasteiger partial charge in [-0.1, -0.05) is 184 Å². The van der Waals surface area contributed by atoms with Crippen LogP contribution in [0.1, 0.15) is 226 Å². The van der Waals surface area contributed by atoms with Gasteiger partial charge in [0.05, 0.1) is 32.0 Å². The second-order valence-corrected chi connectivity index (χ2v) is 19.0. The van der Waals surface area contributed by atoms with Crippen molar-refractivity contribution in [1.29, 1.82) is 0 Å². The number of aliphatic hydroxyl groups excluding tert-OH is 5. The summed E-state index contributed by atoms with van der Waals surface area (Å²) in [6.07, 6.45) is 48.7. The predicted octanol–water partition coefficient (Wildman–Crippen LogP) is 11.9. The van der Waals surface area contributed by atoms with E-state index in [0.717, 1.165) is 116 Å². The Morgan fingerprint density at radius 3 is 1.62 bits per heavy atom. The summed E-state index contributed by atoms with van der Waals surface area (Å²) < 4.78 is 16.6. The van der Waals surface area contributed by atoms with Crippen LogP contribution in [0.5, 0.6) is 0 Å². The third-order valence-electron chi connectivity index (χ3n) is 12.6. The molecule has 1 aliphatic rings. The molecule has 1 aliphatic heterocycles. The van der Waals surface area contributed by atoms with E-state index >= 15 is 0 Å². The van der Waals surface area contributed by atoms with Crippen LogP contribution in [0.15, 0.2) is 60.8 Å². The third kappa shape index (κ3) is 36.3. The largest absolute Gasteiger partial charge is 0.466 e. The topological polar surface area (TPSA) is 175 Å². The fourth-order valence-corrected chi connectivity index (χ4v) is 8.15. The molecular weight excluding hydrogens is 859 g/mol. The SMILES string of the molecule is CCCC/C=C\C/C=C\CCCCCCCC(=O)OCCCCC/C=C\C=C/CCCCCCCCC(=O)NC(COC1OC(CO)C(O)C(O)C1O)C(O)/C=C/CCCCCCCCCCC. The molecule has 0 aromatic heterocycles. The summed E-state index contributed by atoms with van der Waals surface area (Å²) in [4.78, 5) is 25.0. The van der Waals surface area contributed by atoms with Crippen LogP contribution in [0.4, 0.5) is 0 Å². The maximum absolute atomic E-state index is 13.0. The molecule has 1 fully saturated rings. The number of rotatable bonds is 46. The second-order valence-electron chi connectivity index (χ2n) is 19.0. The van der Waals surface area contributed by atoms with Gasteiger partial charge in [-0.05, 0) is 89.9 Å². The van der Waals surface area contributed by atoms with Gasteiger partial charge in [0.1, 0.15) is 24.4 Å². The Kier molecular flexibility index (Phi) is 43.5. The Labute approximate surface area is 414 Å². The van der Waals surface area contributed by atoms with Gasteiger partial charge < -0.3 is 45.1 Å². The average Bonchev–Trinajstić information content (AvgIpc) is 3.33. The number of ether oxygens (including phenoxy) is 3. The zero-order valence-electron chi connectivity index (χ0n) is 43.0. The number of aliphatic hydroxyl groups is 5. The number of hydrogen-bond donors (Lipinski definition) is 6. The van der Waals surface area contributed by atoms with Gasteiger partial charge in [0.25, 0.3) is 0 Å². The first-order valence-electron chi connectivity index (χ1n) is 27.6. The number of amides is 1. The van der Waals surface area contributed by atoms with Crippen LogP contribution in [-0.4, -0.2) is 100 Å². The lowest BCUT2D eigenvalue weighted by Crippen LogP contribution is -2.60. The van der Waals surface area contributed by atoms with E-state index in [-0.39, 0.29) is 18.5 Å². The molecule has 7 atom stereocenters. The number of hydrogen-bond acceptors (Lipinski definition) is 10. The van der Waals surface area contributed by atoms with Gasteiger partial charge >= 0.3 is 5.97 Å². The fourth-order valence-electron chi connectivity index (χ4n) is 8.15. The minimum atomic E-state index is -1.58. The van der Waals surface area contributed by atoms with Crippen LogP contribution in [0.25, 0.3) is 0 Å². The van der Waals surface area contributed by atoms with Crippen LogP contribution < -0.4 is 5.32 Å². The monoisotopic (exact) mass is 960 g/mol. The van der Waals surface area contributed by atoms with Crippen LogP contribution >= 0.6 is 0 Å². The standard InChI is InChI=1S/C57H101NO10/c1-3-5-7-9-11-13-15-16-21-25-29-33-37-41-45-53(62)66-46-42-38-34-30-26-22-19-17-18-20-24-28-32-36-40-44-52(61)58-49(48-67-57-56(65)55(64)54(63)51(47-59)68-57)50(60)43-39-35-31-27-23-14-12-10-8-6-4-2/h9,11,15-17,19,22,26,39,43,49-51,54-57,59-60,63-65H,3-8,10,12-14,18,20-21,23-25,27-38,40-42,44-48H2,1-2H3,(H,58,61)/b11-9-,16-15-,19-17-,26-22-,43-39+. The van der Waals surface area contributed by atoms with Crippen LogP contribution in [0, 0.1) is 0 Å². The van der Waals surface area contributed by atoms with Gasteiger partial charge in [0, 0.05) is 12.8 Å². The highest BCUT2D eigenvalue weighted by Gasteiger charge is 2.44. The molecule has 0 spiro atoms. The molecule has 394 valence electrons. The molecule has 7 unspecified atom stereocenters. The first kappa shape index (κ1) is 63.4. The van der Waals surface area contributed by atoms with Crippen molar-refractivity contribution in [1.82, 2.24) is 5.32 Å². The van der Waals surface area contributed by atoms with Crippen LogP contribution in [0.3, 0.4) is 0 Å². The minimum Gasteiger partial charge on any atom is -0.466 e. The Balaban J connectivity index is 2.16. The van der Waals surface area contributed by atoms with Crippen molar-refractivity contribution < 1.29 is 49.3 Å². The highest BCUT2D eigenvalue weighted by atomic mass is 16.7. The lowest BCUT2D eigenvalue weighted by Gasteiger charge is -2.40. The number of esters is 1. The average molecular weight is 960 g/mol. The summed E-state index contributed by atoms with van der Waals surface area (Å²) >= 11 is 0. The van der Waals surface area contributed by atoms with Gasteiger partial charge in [0.2, 0.25) is 5.91 Å². The zero-order valence-corrected chi connectivity index (χ0v) is 43.0. The molecular formula is C57H101NO10. The first-order valence-corrected chi connectivity index (χ1v) is 27.6. The molecule has 0 saturated carbocycles. The number of carbonyl (C=O) groups is 2. The highest BCUT2D eigenvalue weighted by Crippen LogP contribution is 2.23. The lowest BCUT2D eigenvalue weighted by atomic mass is 9.99. The molecule has 1 rings (SSSR count). The van der Waals surface area contributed by atoms with Crippen molar-refractivity contribution in [2.24, 2.45) is 0 Å². The van der Waals surface area contributed by atoms with E-state index in [1.165, 1.54) is 83.5 Å². The van der Waals surface area contributed by atoms with E-state index in [9.17, 15) is 35.1 Å². The van der Waals surface area contributed by atoms with Crippen molar-refractivity contribution in [3.8, 4) is 0 Å². The Morgan fingerprint density at radius 2 is 1.04 bits per heavy atom. The summed E-state index contributed by atoms with van der Waals surface area (Å²) in [7, 11) is 0. The van der Waals surface area contributed by atoms with Crippen LogP contribution in [-0.2, 0) is 23.8 Å². The summed E-state index contributed by atoms with van der Waals surface area (Å²) in [6, 6.07) is -0.827. The first-order chi connectivity index (χ1) is 33.2. The summed E-state index contributed by atoms with van der Waals surface area (Å²) in [5.41, 5.74) is 0. The number of allylic oxidation sites excluding steroid dienone is 9. The molecule has 0 aromatic rings. The molecule has 0 radical (unpaired) electrons. The van der Waals surface area contributed by atoms with E-state index in [0.29, 0.717) is 19.4 Å². The van der Waals surface area contributed by atoms with Crippen molar-refractivity contribution in [2.45, 2.75) is 269 Å². The maximum atomic E-state index is 13.0. The summed E-state index contributed by atoms with van der Waals surface area (Å²) in [6.45, 7) is 4.19. The van der Waals surface area contributed by atoms with Crippen molar-refractivity contribution in [3.63, 3.8) is 0 Å². The number of unbranched alkanes of at least 4 members (excludes halogenated alkanes) is 25. The van der Waals surface area contributed by atoms with Gasteiger partial charge in [-0.3, -0.25) is 9.59 Å². The van der Waals surface area contributed by atoms with Gasteiger partial charge in [-0.2, -0.15) is 0 Å². The van der Waals surface area contributed by atoms with Gasteiger partial charge in [0.15, 0.2) is 6.29 Å². The van der Waals surface area contributed by atoms with E-state index in [1.54, 1.807) is 6.08 Å². The Bertz CT molecular complexity index is 1310. The van der Waals surface area contributed by atoms with E-state index < -0.39 is 49.5 Å². The molecule has 0 bridgehead atoms. The lowest BCUT2D eigenvalue weighted by molar-refractivity contribution is -0.302. The molecule has 1 heterocycles. The van der Waals surface area contributed by atoms with E-state index in [2.05, 4.69) is 67.8 Å². The zero-order chi connectivity index (χ0) is 49.6. The summed E-state index contributed by atoms with van der Waals surface area (Å²) in [5.74, 6) is -0.264. The third-order valence-corrected chi connectivity index (χ3v) is 12.6. The molecule has 68 heavy (non-hydrogen) atoms. The molecule has 1 saturated heterocycles. The maximum Gasteiger partial charge on any atom is 0.305 e. The van der Waals surface area contributed by atoms with E-state index in [1.807, 2.05) is 6.08 Å². The predicted molar refractivity (Wildman–Crippen MR) is 278 cm³/mol. The summed E-state index contributed by atoms with van der Waals surface area (Å²) in [5, 5.41) is 54.2. The van der Waals surface area contributed by atoms with Gasteiger partial charge in [-0.15, -0.1) is 0 Å². The fraction of sp³-hybridized carbons (Fsp3) is 0.789. The molecule has 11 heteroatoms. The molecule has 0 aliphatic carbocycles. The Morgan fingerprint density at radius 1 is 0.559 bits per heavy atom. The molecule has 0 aromatic carbocycles. The van der Waals surface area contributed by atoms with E-state index in [4.69, 9.17) is 14.2 Å². The second kappa shape index (κ2) is 46.7. The highest BCUT2D eigenvalue weighted by molar-refractivity contribution is 5.76. The smallest absolute Gasteiger partial charge is 0.305 e. The minimum absolute atomic E-state index is 0.0567. The van der Waals surface area contributed by atoms with Crippen molar-refractivity contribution in [2.75, 3.05) is 19.8 Å². The molecule has 1 amide bonds. The quantitative estimate of drug-likeness (QED) is 0.0149. The molecule has 11 nitrogen and oxygen atoms in total.